The second kappa shape index (κ2) is 6.10. The molecule has 0 radical (unpaired) electrons. The zero-order chi connectivity index (χ0) is 13.0. The highest BCUT2D eigenvalue weighted by Crippen LogP contribution is 2.48. The van der Waals surface area contributed by atoms with Gasteiger partial charge in [0.05, 0.1) is 13.7 Å². The summed E-state index contributed by atoms with van der Waals surface area (Å²) < 4.78 is 10.9. The van der Waals surface area contributed by atoms with E-state index in [9.17, 15) is 0 Å². The van der Waals surface area contributed by atoms with E-state index in [1.807, 2.05) is 13.0 Å². The molecule has 0 heterocycles. The van der Waals surface area contributed by atoms with Gasteiger partial charge in [0.15, 0.2) is 11.5 Å². The Labute approximate surface area is 109 Å². The van der Waals surface area contributed by atoms with Crippen LogP contribution in [0.3, 0.4) is 0 Å². The molecule has 2 atom stereocenters. The van der Waals surface area contributed by atoms with Crippen molar-refractivity contribution in [3.63, 3.8) is 0 Å². The van der Waals surface area contributed by atoms with Crippen LogP contribution in [-0.4, -0.2) is 26.8 Å². The molecule has 0 spiro atoms. The van der Waals surface area contributed by atoms with Gasteiger partial charge in [-0.2, -0.15) is 0 Å². The monoisotopic (exact) mass is 249 g/mol. The normalized spacial score (nSPS) is 21.7. The third-order valence-electron chi connectivity index (χ3n) is 3.49. The summed E-state index contributed by atoms with van der Waals surface area (Å²) in [6.45, 7) is 6.99. The number of ether oxygens (including phenoxy) is 2. The number of hydrogen-bond acceptors (Lipinski definition) is 3. The molecule has 1 aromatic rings. The van der Waals surface area contributed by atoms with E-state index in [0.717, 1.165) is 30.5 Å². The third-order valence-corrected chi connectivity index (χ3v) is 3.49. The van der Waals surface area contributed by atoms with Gasteiger partial charge < -0.3 is 14.8 Å². The molecule has 1 saturated carbocycles. The van der Waals surface area contributed by atoms with Gasteiger partial charge in [0, 0.05) is 0 Å². The number of rotatable bonds is 7. The van der Waals surface area contributed by atoms with Crippen molar-refractivity contribution in [3.05, 3.63) is 23.8 Å². The first-order valence-corrected chi connectivity index (χ1v) is 6.81. The maximum Gasteiger partial charge on any atom is 0.161 e. The van der Waals surface area contributed by atoms with E-state index in [1.54, 1.807) is 7.11 Å². The number of hydrogen-bond donors (Lipinski definition) is 1. The summed E-state index contributed by atoms with van der Waals surface area (Å²) in [7, 11) is 1.68. The van der Waals surface area contributed by atoms with Crippen LogP contribution >= 0.6 is 0 Å². The molecule has 1 aromatic carbocycles. The first-order valence-electron chi connectivity index (χ1n) is 6.81. The van der Waals surface area contributed by atoms with E-state index < -0.39 is 0 Å². The van der Waals surface area contributed by atoms with Crippen molar-refractivity contribution < 1.29 is 9.47 Å². The van der Waals surface area contributed by atoms with Crippen LogP contribution in [-0.2, 0) is 0 Å². The van der Waals surface area contributed by atoms with Gasteiger partial charge in [-0.1, -0.05) is 13.0 Å². The predicted octanol–water partition coefficient (Wildman–Crippen LogP) is 2.81. The van der Waals surface area contributed by atoms with Crippen molar-refractivity contribution in [1.82, 2.24) is 5.32 Å². The lowest BCUT2D eigenvalue weighted by molar-refractivity contribution is 0.310. The highest BCUT2D eigenvalue weighted by molar-refractivity contribution is 5.45. The van der Waals surface area contributed by atoms with Gasteiger partial charge >= 0.3 is 0 Å². The summed E-state index contributed by atoms with van der Waals surface area (Å²) >= 11 is 0. The minimum Gasteiger partial charge on any atom is -0.493 e. The Morgan fingerprint density at radius 3 is 2.78 bits per heavy atom. The molecule has 1 N–H and O–H groups in total. The Hall–Kier alpha value is -1.22. The molecule has 18 heavy (non-hydrogen) atoms. The summed E-state index contributed by atoms with van der Waals surface area (Å²) in [5.74, 6) is 3.16. The molecule has 1 aliphatic carbocycles. The van der Waals surface area contributed by atoms with Crippen molar-refractivity contribution in [3.8, 4) is 11.5 Å². The highest BCUT2D eigenvalue weighted by atomic mass is 16.5. The molecule has 2 unspecified atom stereocenters. The van der Waals surface area contributed by atoms with Crippen molar-refractivity contribution in [2.24, 2.45) is 5.92 Å². The van der Waals surface area contributed by atoms with E-state index in [1.165, 1.54) is 12.0 Å². The van der Waals surface area contributed by atoms with E-state index in [4.69, 9.17) is 9.47 Å². The minimum absolute atomic E-state index is 0.672. The van der Waals surface area contributed by atoms with Crippen LogP contribution in [0.25, 0.3) is 0 Å². The average molecular weight is 249 g/mol. The topological polar surface area (TPSA) is 30.5 Å². The summed E-state index contributed by atoms with van der Waals surface area (Å²) in [6.07, 6.45) is 1.28. The summed E-state index contributed by atoms with van der Waals surface area (Å²) in [5, 5.41) is 3.42. The first kappa shape index (κ1) is 13.2. The van der Waals surface area contributed by atoms with Gasteiger partial charge in [-0.25, -0.2) is 0 Å². The SMILES string of the molecule is CCNCC1CC1c1ccc(OC)c(OCC)c1. The maximum atomic E-state index is 5.62. The van der Waals surface area contributed by atoms with Gasteiger partial charge in [-0.3, -0.25) is 0 Å². The second-order valence-corrected chi connectivity index (χ2v) is 4.75. The number of nitrogens with one attached hydrogen (secondary N) is 1. The lowest BCUT2D eigenvalue weighted by atomic mass is 10.1. The van der Waals surface area contributed by atoms with Crippen LogP contribution < -0.4 is 14.8 Å². The van der Waals surface area contributed by atoms with E-state index >= 15 is 0 Å². The standard InChI is InChI=1S/C15H23NO2/c1-4-16-10-12-8-13(12)11-6-7-14(17-3)15(9-11)18-5-2/h6-7,9,12-13,16H,4-5,8,10H2,1-3H3. The van der Waals surface area contributed by atoms with Crippen LogP contribution in [0.2, 0.25) is 0 Å². The summed E-state index contributed by atoms with van der Waals surface area (Å²) in [4.78, 5) is 0. The minimum atomic E-state index is 0.672. The summed E-state index contributed by atoms with van der Waals surface area (Å²) in [5.41, 5.74) is 1.38. The van der Waals surface area contributed by atoms with Crippen LogP contribution in [0.1, 0.15) is 31.7 Å². The van der Waals surface area contributed by atoms with Crippen LogP contribution in [0.5, 0.6) is 11.5 Å². The third kappa shape index (κ3) is 2.96. The van der Waals surface area contributed by atoms with Crippen LogP contribution in [0, 0.1) is 5.92 Å². The molecule has 100 valence electrons. The first-order chi connectivity index (χ1) is 8.80. The maximum absolute atomic E-state index is 5.62. The molecule has 0 aromatic heterocycles. The quantitative estimate of drug-likeness (QED) is 0.806. The van der Waals surface area contributed by atoms with Crippen molar-refractivity contribution in [1.29, 1.82) is 0 Å². The fourth-order valence-corrected chi connectivity index (χ4v) is 2.40. The molecule has 3 nitrogen and oxygen atoms in total. The van der Waals surface area contributed by atoms with Gasteiger partial charge in [0.2, 0.25) is 0 Å². The molecule has 2 rings (SSSR count). The van der Waals surface area contributed by atoms with Crippen molar-refractivity contribution in [2.75, 3.05) is 26.8 Å². The molecular weight excluding hydrogens is 226 g/mol. The summed E-state index contributed by atoms with van der Waals surface area (Å²) in [6, 6.07) is 6.32. The number of benzene rings is 1. The second-order valence-electron chi connectivity index (χ2n) is 4.75. The van der Waals surface area contributed by atoms with Crippen LogP contribution in [0.4, 0.5) is 0 Å². The fourth-order valence-electron chi connectivity index (χ4n) is 2.40. The molecule has 0 amide bonds. The van der Waals surface area contributed by atoms with E-state index in [-0.39, 0.29) is 0 Å². The van der Waals surface area contributed by atoms with Crippen LogP contribution in [0.15, 0.2) is 18.2 Å². The van der Waals surface area contributed by atoms with Crippen molar-refractivity contribution in [2.45, 2.75) is 26.2 Å². The zero-order valence-electron chi connectivity index (χ0n) is 11.5. The molecule has 1 aliphatic rings. The van der Waals surface area contributed by atoms with E-state index in [0.29, 0.717) is 12.5 Å². The Bertz CT molecular complexity index is 392. The Kier molecular flexibility index (Phi) is 4.48. The molecule has 1 fully saturated rings. The molecule has 0 aliphatic heterocycles. The lowest BCUT2D eigenvalue weighted by Crippen LogP contribution is -2.16. The van der Waals surface area contributed by atoms with Gasteiger partial charge in [0.25, 0.3) is 0 Å². The predicted molar refractivity (Wildman–Crippen MR) is 73.6 cm³/mol. The Balaban J connectivity index is 2.04. The van der Waals surface area contributed by atoms with Crippen molar-refractivity contribution >= 4 is 0 Å². The van der Waals surface area contributed by atoms with Gasteiger partial charge in [-0.05, 0) is 56.0 Å². The van der Waals surface area contributed by atoms with Gasteiger partial charge in [0.1, 0.15) is 0 Å². The average Bonchev–Trinajstić information content (AvgIpc) is 3.16. The smallest absolute Gasteiger partial charge is 0.161 e. The molecule has 0 bridgehead atoms. The number of methoxy groups -OCH3 is 1. The molecular formula is C15H23NO2. The van der Waals surface area contributed by atoms with Gasteiger partial charge in [-0.15, -0.1) is 0 Å². The lowest BCUT2D eigenvalue weighted by Gasteiger charge is -2.11. The largest absolute Gasteiger partial charge is 0.493 e. The highest BCUT2D eigenvalue weighted by Gasteiger charge is 2.37. The van der Waals surface area contributed by atoms with E-state index in [2.05, 4.69) is 24.4 Å². The Morgan fingerprint density at radius 2 is 2.11 bits per heavy atom. The zero-order valence-corrected chi connectivity index (χ0v) is 11.5. The Morgan fingerprint density at radius 1 is 1.28 bits per heavy atom. The molecule has 3 heteroatoms. The molecule has 0 saturated heterocycles. The fraction of sp³-hybridized carbons (Fsp3) is 0.600.